The number of pyridine rings is 1. The molecule has 0 aliphatic heterocycles. The number of aromatic nitrogens is 1. The third-order valence-corrected chi connectivity index (χ3v) is 4.05. The van der Waals surface area contributed by atoms with Crippen LogP contribution < -0.4 is 5.32 Å². The average Bonchev–Trinajstić information content (AvgIpc) is 2.43. The van der Waals surface area contributed by atoms with Crippen LogP contribution in [0.3, 0.4) is 0 Å². The van der Waals surface area contributed by atoms with E-state index >= 15 is 0 Å². The summed E-state index contributed by atoms with van der Waals surface area (Å²) in [5, 5.41) is 4.71. The topological polar surface area (TPSA) is 24.9 Å². The van der Waals surface area contributed by atoms with Gasteiger partial charge in [-0.05, 0) is 54.8 Å². The smallest absolute Gasteiger partial charge is 0.0595 e. The van der Waals surface area contributed by atoms with Gasteiger partial charge in [0.1, 0.15) is 0 Å². The number of hydrogen-bond donors (Lipinski definition) is 1. The summed E-state index contributed by atoms with van der Waals surface area (Å²) < 4.78 is 0. The first-order chi connectivity index (χ1) is 9.61. The first kappa shape index (κ1) is 15.3. The van der Waals surface area contributed by atoms with Gasteiger partial charge in [-0.2, -0.15) is 0 Å². The Hall–Kier alpha value is -1.09. The Morgan fingerprint density at radius 3 is 2.65 bits per heavy atom. The SMILES string of the molecule is CCNC(Cc1ccc(Cl)c(Cl)c1)c1ccncc1C. The zero-order valence-corrected chi connectivity index (χ0v) is 13.2. The van der Waals surface area contributed by atoms with E-state index < -0.39 is 0 Å². The molecule has 2 aromatic rings. The highest BCUT2D eigenvalue weighted by Gasteiger charge is 2.14. The molecule has 0 saturated carbocycles. The van der Waals surface area contributed by atoms with Gasteiger partial charge in [-0.15, -0.1) is 0 Å². The minimum Gasteiger partial charge on any atom is -0.310 e. The van der Waals surface area contributed by atoms with Crippen molar-refractivity contribution < 1.29 is 0 Å². The molecule has 0 aliphatic rings. The lowest BCUT2D eigenvalue weighted by Gasteiger charge is -2.20. The van der Waals surface area contributed by atoms with Gasteiger partial charge >= 0.3 is 0 Å². The molecule has 0 bridgehead atoms. The fourth-order valence-electron chi connectivity index (χ4n) is 2.32. The molecule has 2 nitrogen and oxygen atoms in total. The van der Waals surface area contributed by atoms with Gasteiger partial charge in [-0.25, -0.2) is 0 Å². The molecule has 4 heteroatoms. The number of benzene rings is 1. The Morgan fingerprint density at radius 1 is 1.20 bits per heavy atom. The van der Waals surface area contributed by atoms with E-state index in [0.29, 0.717) is 10.0 Å². The summed E-state index contributed by atoms with van der Waals surface area (Å²) in [6.07, 6.45) is 4.60. The Morgan fingerprint density at radius 2 is 2.00 bits per heavy atom. The standard InChI is InChI=1S/C16H18Cl2N2/c1-3-20-16(13-6-7-19-10-11(13)2)9-12-4-5-14(17)15(18)8-12/h4-8,10,16,20H,3,9H2,1-2H3. The normalized spacial score (nSPS) is 12.4. The Kier molecular flexibility index (Phi) is 5.41. The summed E-state index contributed by atoms with van der Waals surface area (Å²) in [6.45, 7) is 5.10. The van der Waals surface area contributed by atoms with Crippen LogP contribution in [0.2, 0.25) is 10.0 Å². The zero-order valence-electron chi connectivity index (χ0n) is 11.7. The number of aryl methyl sites for hydroxylation is 1. The van der Waals surface area contributed by atoms with E-state index in [-0.39, 0.29) is 6.04 Å². The van der Waals surface area contributed by atoms with Crippen molar-refractivity contribution >= 4 is 23.2 Å². The third kappa shape index (κ3) is 3.72. The highest BCUT2D eigenvalue weighted by molar-refractivity contribution is 6.42. The molecular weight excluding hydrogens is 291 g/mol. The number of nitrogens with one attached hydrogen (secondary N) is 1. The second-order valence-electron chi connectivity index (χ2n) is 4.80. The van der Waals surface area contributed by atoms with Crippen molar-refractivity contribution in [2.24, 2.45) is 0 Å². The minimum absolute atomic E-state index is 0.250. The van der Waals surface area contributed by atoms with Gasteiger partial charge in [0, 0.05) is 18.4 Å². The van der Waals surface area contributed by atoms with E-state index in [9.17, 15) is 0 Å². The van der Waals surface area contributed by atoms with Crippen LogP contribution >= 0.6 is 23.2 Å². The molecule has 0 spiro atoms. The molecule has 1 heterocycles. The fourth-order valence-corrected chi connectivity index (χ4v) is 2.64. The van der Waals surface area contributed by atoms with Crippen LogP contribution in [0.15, 0.2) is 36.7 Å². The summed E-state index contributed by atoms with van der Waals surface area (Å²) in [5.74, 6) is 0. The fraction of sp³-hybridized carbons (Fsp3) is 0.312. The van der Waals surface area contributed by atoms with E-state index in [1.165, 1.54) is 16.7 Å². The van der Waals surface area contributed by atoms with Gasteiger partial charge in [0.05, 0.1) is 10.0 Å². The minimum atomic E-state index is 0.250. The molecule has 0 radical (unpaired) electrons. The van der Waals surface area contributed by atoms with Gasteiger partial charge in [-0.3, -0.25) is 4.98 Å². The monoisotopic (exact) mass is 308 g/mol. The summed E-state index contributed by atoms with van der Waals surface area (Å²) in [5.41, 5.74) is 3.63. The first-order valence-electron chi connectivity index (χ1n) is 6.69. The lowest BCUT2D eigenvalue weighted by Crippen LogP contribution is -2.23. The van der Waals surface area contributed by atoms with Crippen LogP contribution in [0.4, 0.5) is 0 Å². The molecule has 1 unspecified atom stereocenters. The maximum absolute atomic E-state index is 6.09. The molecule has 2 rings (SSSR count). The molecule has 0 saturated heterocycles. The number of rotatable bonds is 5. The molecule has 20 heavy (non-hydrogen) atoms. The molecule has 0 aliphatic carbocycles. The van der Waals surface area contributed by atoms with Crippen molar-refractivity contribution in [3.63, 3.8) is 0 Å². The van der Waals surface area contributed by atoms with Crippen molar-refractivity contribution in [3.8, 4) is 0 Å². The van der Waals surface area contributed by atoms with Crippen molar-refractivity contribution in [1.29, 1.82) is 0 Å². The highest BCUT2D eigenvalue weighted by atomic mass is 35.5. The maximum Gasteiger partial charge on any atom is 0.0595 e. The molecule has 0 amide bonds. The van der Waals surface area contributed by atoms with Crippen LogP contribution in [-0.2, 0) is 6.42 Å². The summed E-state index contributed by atoms with van der Waals surface area (Å²) in [6, 6.07) is 8.13. The van der Waals surface area contributed by atoms with Crippen molar-refractivity contribution in [2.75, 3.05) is 6.54 Å². The third-order valence-electron chi connectivity index (χ3n) is 3.31. The average molecular weight is 309 g/mol. The van der Waals surface area contributed by atoms with E-state index in [1.54, 1.807) is 0 Å². The lowest BCUT2D eigenvalue weighted by atomic mass is 9.96. The number of hydrogen-bond acceptors (Lipinski definition) is 2. The molecular formula is C16H18Cl2N2. The van der Waals surface area contributed by atoms with Crippen molar-refractivity contribution in [1.82, 2.24) is 10.3 Å². The van der Waals surface area contributed by atoms with Gasteiger partial charge in [-0.1, -0.05) is 36.2 Å². The molecule has 1 aromatic carbocycles. The van der Waals surface area contributed by atoms with E-state index in [0.717, 1.165) is 13.0 Å². The van der Waals surface area contributed by atoms with E-state index in [4.69, 9.17) is 23.2 Å². The van der Waals surface area contributed by atoms with E-state index in [2.05, 4.69) is 30.2 Å². The second kappa shape index (κ2) is 7.07. The van der Waals surface area contributed by atoms with Gasteiger partial charge in [0.2, 0.25) is 0 Å². The highest BCUT2D eigenvalue weighted by Crippen LogP contribution is 2.26. The molecule has 1 aromatic heterocycles. The Labute approximate surface area is 130 Å². The Balaban J connectivity index is 2.25. The van der Waals surface area contributed by atoms with Crippen LogP contribution in [0, 0.1) is 6.92 Å². The van der Waals surface area contributed by atoms with Crippen LogP contribution in [0.1, 0.15) is 29.7 Å². The quantitative estimate of drug-likeness (QED) is 0.874. The molecule has 0 fully saturated rings. The lowest BCUT2D eigenvalue weighted by molar-refractivity contribution is 0.547. The predicted octanol–water partition coefficient (Wildman–Crippen LogP) is 4.59. The summed E-state index contributed by atoms with van der Waals surface area (Å²) in [7, 11) is 0. The number of halogens is 2. The molecule has 106 valence electrons. The van der Waals surface area contributed by atoms with Crippen LogP contribution in [0.5, 0.6) is 0 Å². The summed E-state index contributed by atoms with van der Waals surface area (Å²) in [4.78, 5) is 4.15. The number of nitrogens with zero attached hydrogens (tertiary/aromatic N) is 1. The summed E-state index contributed by atoms with van der Waals surface area (Å²) >= 11 is 12.1. The number of likely N-dealkylation sites (N-methyl/N-ethyl adjacent to an activating group) is 1. The van der Waals surface area contributed by atoms with Crippen LogP contribution in [-0.4, -0.2) is 11.5 Å². The maximum atomic E-state index is 6.09. The first-order valence-corrected chi connectivity index (χ1v) is 7.45. The van der Waals surface area contributed by atoms with Gasteiger partial charge in [0.25, 0.3) is 0 Å². The second-order valence-corrected chi connectivity index (χ2v) is 5.61. The van der Waals surface area contributed by atoms with E-state index in [1.807, 2.05) is 30.6 Å². The van der Waals surface area contributed by atoms with Crippen LogP contribution in [0.25, 0.3) is 0 Å². The molecule has 1 atom stereocenters. The largest absolute Gasteiger partial charge is 0.310 e. The van der Waals surface area contributed by atoms with Crippen molar-refractivity contribution in [2.45, 2.75) is 26.3 Å². The van der Waals surface area contributed by atoms with Crippen molar-refractivity contribution in [3.05, 3.63) is 63.4 Å². The molecule has 1 N–H and O–H groups in total. The Bertz CT molecular complexity index is 584. The van der Waals surface area contributed by atoms with Gasteiger partial charge < -0.3 is 5.32 Å². The predicted molar refractivity (Wildman–Crippen MR) is 85.6 cm³/mol. The zero-order chi connectivity index (χ0) is 14.5. The van der Waals surface area contributed by atoms with Gasteiger partial charge in [0.15, 0.2) is 0 Å².